The molecule has 0 fully saturated rings. The summed E-state index contributed by atoms with van der Waals surface area (Å²) in [6.45, 7) is -1.45. The summed E-state index contributed by atoms with van der Waals surface area (Å²) in [5.74, 6) is -2.80. The fourth-order valence-corrected chi connectivity index (χ4v) is 0.156. The quantitative estimate of drug-likeness (QED) is 0.285. The van der Waals surface area contributed by atoms with Crippen molar-refractivity contribution >= 4 is 11.9 Å². The van der Waals surface area contributed by atoms with Crippen molar-refractivity contribution < 1.29 is 61.3 Å². The predicted molar refractivity (Wildman–Crippen MR) is 41.5 cm³/mol. The van der Waals surface area contributed by atoms with Gasteiger partial charge in [-0.3, -0.25) is 0 Å². The van der Waals surface area contributed by atoms with E-state index in [9.17, 15) is 9.59 Å². The molecule has 0 radical (unpaired) electrons. The van der Waals surface area contributed by atoms with Crippen LogP contribution in [0.3, 0.4) is 0 Å². The van der Waals surface area contributed by atoms with Crippen molar-refractivity contribution in [1.82, 2.24) is 0 Å². The Morgan fingerprint density at radius 2 is 1.07 bits per heavy atom. The maximum Gasteiger partial charge on any atom is 0.334 e. The summed E-state index contributed by atoms with van der Waals surface area (Å²) in [6.07, 6.45) is -3.25. The van der Waals surface area contributed by atoms with Crippen LogP contribution in [0.4, 0.5) is 0 Å². The first kappa shape index (κ1) is 20.0. The molecule has 0 amide bonds. The number of aliphatic hydroxyl groups excluding tert-OH is 4. The molecule has 0 spiro atoms. The molecule has 0 aliphatic carbocycles. The van der Waals surface area contributed by atoms with Crippen LogP contribution in [0.15, 0.2) is 0 Å². The first-order valence-corrected chi connectivity index (χ1v) is 3.40. The van der Waals surface area contributed by atoms with Crippen LogP contribution in [0.2, 0.25) is 0 Å². The molecule has 0 aromatic carbocycles. The van der Waals surface area contributed by atoms with Crippen LogP contribution in [0.1, 0.15) is 0 Å². The van der Waals surface area contributed by atoms with Crippen LogP contribution >= 0.6 is 0 Å². The van der Waals surface area contributed by atoms with Crippen LogP contribution < -0.4 is 0 Å². The van der Waals surface area contributed by atoms with Gasteiger partial charge in [-0.15, -0.1) is 0 Å². The van der Waals surface area contributed by atoms with Crippen molar-refractivity contribution in [3.05, 3.63) is 0 Å². The molecular weight excluding hydrogens is 395 g/mol. The summed E-state index contributed by atoms with van der Waals surface area (Å²) in [5, 5.41) is 47.5. The number of hydrogen-bond acceptors (Lipinski definition) is 6. The fourth-order valence-electron chi connectivity index (χ4n) is 0.156. The van der Waals surface area contributed by atoms with E-state index in [4.69, 9.17) is 30.6 Å². The summed E-state index contributed by atoms with van der Waals surface area (Å²) in [6, 6.07) is 0. The van der Waals surface area contributed by atoms with E-state index in [1.54, 1.807) is 0 Å². The number of aliphatic carboxylic acids is 2. The summed E-state index contributed by atoms with van der Waals surface area (Å²) in [4.78, 5) is 19.0. The Bertz CT molecular complexity index is 164. The second-order valence-corrected chi connectivity index (χ2v) is 2.07. The zero-order valence-corrected chi connectivity index (χ0v) is 9.66. The molecular formula is C6H12O8Pt. The van der Waals surface area contributed by atoms with Crippen molar-refractivity contribution in [2.45, 2.75) is 12.2 Å². The van der Waals surface area contributed by atoms with Gasteiger partial charge in [-0.2, -0.15) is 0 Å². The van der Waals surface area contributed by atoms with Crippen LogP contribution in [0, 0.1) is 0 Å². The zero-order valence-electron chi connectivity index (χ0n) is 7.38. The van der Waals surface area contributed by atoms with Gasteiger partial charge in [0.2, 0.25) is 0 Å². The van der Waals surface area contributed by atoms with Crippen LogP contribution in [-0.2, 0) is 30.7 Å². The number of aliphatic hydroxyl groups is 4. The summed E-state index contributed by atoms with van der Waals surface area (Å²) >= 11 is 0. The van der Waals surface area contributed by atoms with Gasteiger partial charge in [0, 0.05) is 21.1 Å². The number of carboxylic acids is 2. The van der Waals surface area contributed by atoms with Crippen LogP contribution in [0.5, 0.6) is 0 Å². The van der Waals surface area contributed by atoms with E-state index >= 15 is 0 Å². The third-order valence-electron chi connectivity index (χ3n) is 0.916. The fraction of sp³-hybridized carbons (Fsp3) is 0.667. The molecule has 2 atom stereocenters. The van der Waals surface area contributed by atoms with Gasteiger partial charge in [0.1, 0.15) is 0 Å². The summed E-state index contributed by atoms with van der Waals surface area (Å²) in [5.41, 5.74) is 0. The zero-order chi connectivity index (χ0) is 11.7. The van der Waals surface area contributed by atoms with E-state index in [1.807, 2.05) is 0 Å². The van der Waals surface area contributed by atoms with E-state index in [0.29, 0.717) is 0 Å². The smallest absolute Gasteiger partial charge is 0.334 e. The van der Waals surface area contributed by atoms with Gasteiger partial charge in [0.15, 0.2) is 12.2 Å². The first-order chi connectivity index (χ1) is 6.36. The Balaban J connectivity index is -0.000000180. The number of carboxylic acid groups (broad SMARTS) is 2. The van der Waals surface area contributed by atoms with Gasteiger partial charge in [0.25, 0.3) is 0 Å². The Hall–Kier alpha value is -0.532. The number of rotatable bonds is 4. The Morgan fingerprint density at radius 1 is 0.867 bits per heavy atom. The normalized spacial score (nSPS) is 12.5. The Kier molecular flexibility index (Phi) is 15.4. The van der Waals surface area contributed by atoms with E-state index < -0.39 is 37.4 Å². The topological polar surface area (TPSA) is 156 Å². The minimum atomic E-state index is -1.63. The van der Waals surface area contributed by atoms with Crippen molar-refractivity contribution in [2.75, 3.05) is 13.2 Å². The maximum absolute atomic E-state index is 9.52. The predicted octanol–water partition coefficient (Wildman–Crippen LogP) is -3.15. The number of hydrogen-bond donors (Lipinski definition) is 6. The van der Waals surface area contributed by atoms with E-state index in [1.165, 1.54) is 0 Å². The van der Waals surface area contributed by atoms with E-state index in [2.05, 4.69) is 0 Å². The average Bonchev–Trinajstić information content (AvgIpc) is 2.15. The van der Waals surface area contributed by atoms with Crippen molar-refractivity contribution in [3.63, 3.8) is 0 Å². The van der Waals surface area contributed by atoms with Gasteiger partial charge in [-0.25, -0.2) is 9.59 Å². The summed E-state index contributed by atoms with van der Waals surface area (Å²) < 4.78 is 0. The monoisotopic (exact) mass is 407 g/mol. The number of carbonyl (C=O) groups is 2. The molecule has 2 unspecified atom stereocenters. The van der Waals surface area contributed by atoms with Crippen molar-refractivity contribution in [3.8, 4) is 0 Å². The second kappa shape index (κ2) is 11.5. The minimum absolute atomic E-state index is 0. The standard InChI is InChI=1S/2C3H6O4.Pt/c2*4-1-2(5)3(6)7;/h2*2,4-5H,1H2,(H,6,7);. The van der Waals surface area contributed by atoms with Gasteiger partial charge in [0.05, 0.1) is 13.2 Å². The molecule has 0 saturated heterocycles. The molecule has 0 saturated carbocycles. The molecule has 15 heavy (non-hydrogen) atoms. The van der Waals surface area contributed by atoms with E-state index in [0.717, 1.165) is 0 Å². The third kappa shape index (κ3) is 13.5. The third-order valence-corrected chi connectivity index (χ3v) is 0.916. The van der Waals surface area contributed by atoms with Crippen molar-refractivity contribution in [1.29, 1.82) is 0 Å². The van der Waals surface area contributed by atoms with E-state index in [-0.39, 0.29) is 21.1 Å². The molecule has 0 aliphatic rings. The van der Waals surface area contributed by atoms with Gasteiger partial charge in [-0.1, -0.05) is 0 Å². The largest absolute Gasteiger partial charge is 0.479 e. The van der Waals surface area contributed by atoms with Crippen molar-refractivity contribution in [2.24, 2.45) is 0 Å². The minimum Gasteiger partial charge on any atom is -0.479 e. The average molecular weight is 407 g/mol. The van der Waals surface area contributed by atoms with Crippen LogP contribution in [-0.4, -0.2) is 68.0 Å². The van der Waals surface area contributed by atoms with Crippen LogP contribution in [0.25, 0.3) is 0 Å². The van der Waals surface area contributed by atoms with Gasteiger partial charge < -0.3 is 30.6 Å². The molecule has 94 valence electrons. The molecule has 0 bridgehead atoms. The molecule has 6 N–H and O–H groups in total. The molecule has 8 nitrogen and oxygen atoms in total. The molecule has 0 aliphatic heterocycles. The molecule has 0 rings (SSSR count). The molecule has 0 heterocycles. The maximum atomic E-state index is 9.52. The summed E-state index contributed by atoms with van der Waals surface area (Å²) in [7, 11) is 0. The van der Waals surface area contributed by atoms with Gasteiger partial charge in [-0.05, 0) is 0 Å². The molecule has 0 aromatic rings. The molecule has 9 heteroatoms. The molecule has 0 aromatic heterocycles. The van der Waals surface area contributed by atoms with Gasteiger partial charge >= 0.3 is 11.9 Å². The Morgan fingerprint density at radius 3 is 1.07 bits per heavy atom. The SMILES string of the molecule is O=C(O)C(O)CO.O=C(O)C(O)CO.[Pt]. The Labute approximate surface area is 99.0 Å². The second-order valence-electron chi connectivity index (χ2n) is 2.07. The first-order valence-electron chi connectivity index (χ1n) is 3.40.